The molecule has 0 spiro atoms. The topological polar surface area (TPSA) is 62.2 Å². The lowest BCUT2D eigenvalue weighted by atomic mass is 10.3. The quantitative estimate of drug-likeness (QED) is 0.238. The van der Waals surface area contributed by atoms with Crippen molar-refractivity contribution in [1.29, 1.82) is 0 Å². The summed E-state index contributed by atoms with van der Waals surface area (Å²) in [5, 5.41) is 0.485. The Labute approximate surface area is 160 Å². The summed E-state index contributed by atoms with van der Waals surface area (Å²) in [7, 11) is 3.70. The van der Waals surface area contributed by atoms with Gasteiger partial charge in [0.05, 0.1) is 23.4 Å². The number of amides is 1. The van der Waals surface area contributed by atoms with Crippen molar-refractivity contribution in [2.75, 3.05) is 27.2 Å². The van der Waals surface area contributed by atoms with E-state index < -0.39 is 5.97 Å². The van der Waals surface area contributed by atoms with Crippen LogP contribution >= 0.6 is 35.3 Å². The molecule has 0 radical (unpaired) electrons. The van der Waals surface area contributed by atoms with Crippen molar-refractivity contribution in [3.8, 4) is 0 Å². The Morgan fingerprint density at radius 1 is 1.44 bits per heavy atom. The molecule has 0 unspecified atom stereocenters. The van der Waals surface area contributed by atoms with E-state index >= 15 is 0 Å². The van der Waals surface area contributed by atoms with Gasteiger partial charge in [0, 0.05) is 25.5 Å². The molecule has 9 heteroatoms. The van der Waals surface area contributed by atoms with Crippen LogP contribution in [-0.4, -0.2) is 59.6 Å². The highest BCUT2D eigenvalue weighted by Gasteiger charge is 2.30. The number of esters is 1. The summed E-state index contributed by atoms with van der Waals surface area (Å²) in [5.74, 6) is -0.415. The number of hydrogen-bond donors (Lipinski definition) is 0. The number of carbonyl (C=O) groups excluding carboxylic acids is 2. The Morgan fingerprint density at radius 3 is 2.72 bits per heavy atom. The van der Waals surface area contributed by atoms with Gasteiger partial charge in [-0.1, -0.05) is 12.2 Å². The van der Waals surface area contributed by atoms with Crippen LogP contribution in [0.4, 0.5) is 9.80 Å². The summed E-state index contributed by atoms with van der Waals surface area (Å²) >= 11 is 7.80. The number of hydrogen-bond acceptors (Lipinski definition) is 7. The van der Waals surface area contributed by atoms with Crippen molar-refractivity contribution in [2.45, 2.75) is 13.8 Å². The zero-order valence-corrected chi connectivity index (χ0v) is 16.9. The lowest BCUT2D eigenvalue weighted by Gasteiger charge is -2.09. The van der Waals surface area contributed by atoms with Crippen LogP contribution < -0.4 is 0 Å². The lowest BCUT2D eigenvalue weighted by molar-refractivity contribution is 0.0528. The van der Waals surface area contributed by atoms with Crippen molar-refractivity contribution in [3.05, 3.63) is 21.4 Å². The summed E-state index contributed by atoms with van der Waals surface area (Å²) in [6.07, 6.45) is 3.45. The first kappa shape index (κ1) is 19.6. The number of likely N-dealkylation sites (N-methyl/N-ethyl adjacent to an activating group) is 1. The Kier molecular flexibility index (Phi) is 6.74. The van der Waals surface area contributed by atoms with Gasteiger partial charge in [-0.3, -0.25) is 9.69 Å². The maximum absolute atomic E-state index is 12.2. The van der Waals surface area contributed by atoms with Gasteiger partial charge in [-0.05, 0) is 37.8 Å². The van der Waals surface area contributed by atoms with Gasteiger partial charge in [0.2, 0.25) is 0 Å². The smallest absolute Gasteiger partial charge is 0.341 e. The Balaban J connectivity index is 2.37. The Hall–Kier alpha value is -1.71. The number of carbonyl (C=O) groups is 2. The Bertz CT molecular complexity index is 753. The van der Waals surface area contributed by atoms with Gasteiger partial charge in [0.1, 0.15) is 9.99 Å². The molecule has 1 fully saturated rings. The van der Waals surface area contributed by atoms with E-state index in [0.717, 1.165) is 16.6 Å². The van der Waals surface area contributed by atoms with E-state index in [-0.39, 0.29) is 5.24 Å². The molecule has 1 aliphatic heterocycles. The van der Waals surface area contributed by atoms with Crippen molar-refractivity contribution in [2.24, 2.45) is 4.99 Å². The van der Waals surface area contributed by atoms with Crippen molar-refractivity contribution in [1.82, 2.24) is 9.80 Å². The van der Waals surface area contributed by atoms with Gasteiger partial charge >= 0.3 is 5.97 Å². The van der Waals surface area contributed by atoms with Crippen molar-refractivity contribution < 1.29 is 14.3 Å². The van der Waals surface area contributed by atoms with Crippen molar-refractivity contribution in [3.63, 3.8) is 0 Å². The minimum Gasteiger partial charge on any atom is -0.462 e. The predicted molar refractivity (Wildman–Crippen MR) is 108 cm³/mol. The van der Waals surface area contributed by atoms with Crippen LogP contribution in [0.2, 0.25) is 0 Å². The Morgan fingerprint density at radius 2 is 2.16 bits per heavy atom. The molecule has 0 saturated carbocycles. The molecule has 0 N–H and O–H groups in total. The number of thiophene rings is 1. The summed E-state index contributed by atoms with van der Waals surface area (Å²) in [4.78, 5) is 33.8. The normalized spacial score (nSPS) is 16.3. The van der Waals surface area contributed by atoms with E-state index in [9.17, 15) is 9.59 Å². The monoisotopic (exact) mass is 397 g/mol. The van der Waals surface area contributed by atoms with Crippen LogP contribution in [0.5, 0.6) is 0 Å². The molecule has 0 atom stereocenters. The minimum atomic E-state index is -0.415. The molecule has 134 valence electrons. The van der Waals surface area contributed by atoms with E-state index in [1.165, 1.54) is 11.3 Å². The molecule has 0 bridgehead atoms. The van der Waals surface area contributed by atoms with E-state index in [1.54, 1.807) is 29.1 Å². The molecular formula is C16H19N3O3S3. The third-order valence-corrected chi connectivity index (χ3v) is 5.58. The van der Waals surface area contributed by atoms with E-state index in [1.807, 2.05) is 27.1 Å². The number of thioether (sulfide) groups is 1. The average molecular weight is 398 g/mol. The third-order valence-electron chi connectivity index (χ3n) is 3.10. The molecule has 2 rings (SSSR count). The summed E-state index contributed by atoms with van der Waals surface area (Å²) in [5.41, 5.74) is 0.407. The summed E-state index contributed by atoms with van der Waals surface area (Å²) in [6, 6.07) is 1.72. The fourth-order valence-corrected chi connectivity index (χ4v) is 4.35. The standard InChI is InChI=1S/C16H19N3O3S3/c1-5-19-14(23)12(25-16(19)21)8-10-7-11(15(20)22-6-2)13(24-10)17-9-18(3)4/h7-9H,5-6H2,1-4H3/b12-8+,17-9+. The van der Waals surface area contributed by atoms with Crippen LogP contribution in [0.3, 0.4) is 0 Å². The maximum Gasteiger partial charge on any atom is 0.341 e. The highest BCUT2D eigenvalue weighted by atomic mass is 32.2. The first-order valence-corrected chi connectivity index (χ1v) is 9.68. The zero-order chi connectivity index (χ0) is 18.6. The van der Waals surface area contributed by atoms with Crippen molar-refractivity contribution >= 4 is 68.9 Å². The molecule has 0 aliphatic carbocycles. The highest BCUT2D eigenvalue weighted by Crippen LogP contribution is 2.37. The van der Waals surface area contributed by atoms with Gasteiger partial charge in [-0.2, -0.15) is 0 Å². The van der Waals surface area contributed by atoms with Gasteiger partial charge in [0.25, 0.3) is 5.24 Å². The van der Waals surface area contributed by atoms with Crippen LogP contribution in [0.25, 0.3) is 6.08 Å². The van der Waals surface area contributed by atoms with E-state index in [0.29, 0.717) is 33.6 Å². The van der Waals surface area contributed by atoms with Gasteiger partial charge < -0.3 is 9.64 Å². The van der Waals surface area contributed by atoms with Crippen LogP contribution in [0.15, 0.2) is 16.0 Å². The van der Waals surface area contributed by atoms with Gasteiger partial charge in [0.15, 0.2) is 0 Å². The molecule has 1 aromatic heterocycles. The second-order valence-electron chi connectivity index (χ2n) is 5.22. The molecule has 1 aromatic rings. The number of thiocarbonyl (C=S) groups is 1. The number of rotatable bonds is 6. The predicted octanol–water partition coefficient (Wildman–Crippen LogP) is 4.00. The first-order valence-electron chi connectivity index (χ1n) is 7.64. The second-order valence-corrected chi connectivity index (χ2v) is 7.66. The van der Waals surface area contributed by atoms with Crippen LogP contribution in [0, 0.1) is 0 Å². The minimum absolute atomic E-state index is 0.0771. The average Bonchev–Trinajstić information content (AvgIpc) is 3.07. The first-order chi connectivity index (χ1) is 11.9. The lowest BCUT2D eigenvalue weighted by Crippen LogP contribution is -2.26. The summed E-state index contributed by atoms with van der Waals surface area (Å²) in [6.45, 7) is 4.47. The number of nitrogens with zero attached hydrogens (tertiary/aromatic N) is 3. The number of ether oxygens (including phenoxy) is 1. The SMILES string of the molecule is CCOC(=O)c1cc(/C=C2/SC(=O)N(CC)C2=S)sc1/N=C/N(C)C. The van der Waals surface area contributed by atoms with Gasteiger partial charge in [-0.25, -0.2) is 9.79 Å². The molecule has 1 amide bonds. The largest absolute Gasteiger partial charge is 0.462 e. The highest BCUT2D eigenvalue weighted by molar-refractivity contribution is 8.19. The molecule has 25 heavy (non-hydrogen) atoms. The molecular weight excluding hydrogens is 378 g/mol. The number of aliphatic imine (C=N–C) groups is 1. The van der Waals surface area contributed by atoms with E-state index in [4.69, 9.17) is 17.0 Å². The van der Waals surface area contributed by atoms with E-state index in [2.05, 4.69) is 4.99 Å². The second kappa shape index (κ2) is 8.59. The molecule has 1 aliphatic rings. The third kappa shape index (κ3) is 4.68. The zero-order valence-electron chi connectivity index (χ0n) is 14.4. The summed E-state index contributed by atoms with van der Waals surface area (Å²) < 4.78 is 5.10. The maximum atomic E-state index is 12.2. The van der Waals surface area contributed by atoms with Gasteiger partial charge in [-0.15, -0.1) is 11.3 Å². The molecule has 0 aromatic carbocycles. The molecule has 6 nitrogen and oxygen atoms in total. The fourth-order valence-electron chi connectivity index (χ4n) is 1.99. The van der Waals surface area contributed by atoms with Crippen LogP contribution in [-0.2, 0) is 4.74 Å². The molecule has 2 heterocycles. The fraction of sp³-hybridized carbons (Fsp3) is 0.375. The molecule has 1 saturated heterocycles. The van der Waals surface area contributed by atoms with Crippen LogP contribution in [0.1, 0.15) is 29.1 Å².